The number of hydrogen-bond acceptors (Lipinski definition) is 4. The van der Waals surface area contributed by atoms with Gasteiger partial charge in [0.25, 0.3) is 0 Å². The first-order valence-electron chi connectivity index (χ1n) is 9.28. The minimum Gasteiger partial charge on any atom is -1.00 e. The molecule has 2 aliphatic rings. The normalized spacial score (nSPS) is 13.5. The van der Waals surface area contributed by atoms with E-state index in [1.165, 1.54) is 22.5 Å². The third kappa shape index (κ3) is 2.57. The Labute approximate surface area is 170 Å². The van der Waals surface area contributed by atoms with Crippen molar-refractivity contribution < 1.29 is 35.9 Å². The summed E-state index contributed by atoms with van der Waals surface area (Å²) in [6.07, 6.45) is 1.88. The molecule has 3 heterocycles. The molecule has 0 saturated heterocycles. The van der Waals surface area contributed by atoms with Crippen LogP contribution < -0.4 is 35.9 Å². The maximum absolute atomic E-state index is 5.74. The highest BCUT2D eigenvalue weighted by Crippen LogP contribution is 2.42. The van der Waals surface area contributed by atoms with Gasteiger partial charge >= 0.3 is 0 Å². The molecule has 146 valence electrons. The average molecular weight is 400 g/mol. The highest BCUT2D eigenvalue weighted by Gasteiger charge is 2.31. The molecular formula is C22H22ClNO4. The van der Waals surface area contributed by atoms with E-state index in [-0.39, 0.29) is 12.4 Å². The molecule has 5 rings (SSSR count). The van der Waals surface area contributed by atoms with E-state index < -0.39 is 0 Å². The number of hydrogen-bond donors (Lipinski definition) is 0. The summed E-state index contributed by atoms with van der Waals surface area (Å²) in [7, 11) is 3.39. The first kappa shape index (κ1) is 18.7. The Morgan fingerprint density at radius 1 is 1.04 bits per heavy atom. The first-order valence-corrected chi connectivity index (χ1v) is 9.28. The highest BCUT2D eigenvalue weighted by atomic mass is 35.5. The summed E-state index contributed by atoms with van der Waals surface area (Å²) >= 11 is 0. The molecule has 0 amide bonds. The Morgan fingerprint density at radius 3 is 2.54 bits per heavy atom. The van der Waals surface area contributed by atoms with E-state index in [2.05, 4.69) is 35.8 Å². The van der Waals surface area contributed by atoms with Gasteiger partial charge in [0.2, 0.25) is 12.5 Å². The SMILES string of the molecule is CCc1c2c(OC)c(OC)ccc2cc2[n+]1CCc1cc3c(cc1-2)OCO3.[Cl-]. The van der Waals surface area contributed by atoms with Crippen molar-refractivity contribution in [2.24, 2.45) is 0 Å². The number of rotatable bonds is 3. The number of aromatic nitrogens is 1. The predicted molar refractivity (Wildman–Crippen MR) is 102 cm³/mol. The molecule has 0 atom stereocenters. The number of fused-ring (bicyclic) bond motifs is 5. The van der Waals surface area contributed by atoms with Gasteiger partial charge in [-0.1, -0.05) is 6.92 Å². The fourth-order valence-corrected chi connectivity index (χ4v) is 4.37. The van der Waals surface area contributed by atoms with E-state index in [4.69, 9.17) is 18.9 Å². The molecule has 0 radical (unpaired) electrons. The molecule has 2 aliphatic heterocycles. The Balaban J connectivity index is 0.00000192. The third-order valence-corrected chi connectivity index (χ3v) is 5.59. The lowest BCUT2D eigenvalue weighted by Gasteiger charge is -2.20. The molecule has 0 unspecified atom stereocenters. The molecule has 1 aromatic heterocycles. The summed E-state index contributed by atoms with van der Waals surface area (Å²) in [5.74, 6) is 3.25. The Hall–Kier alpha value is -2.66. The molecule has 3 aromatic rings. The van der Waals surface area contributed by atoms with Crippen LogP contribution in [0.5, 0.6) is 23.0 Å². The number of methoxy groups -OCH3 is 2. The maximum atomic E-state index is 5.74. The standard InChI is InChI=1S/C22H22NO4.ClH/c1-4-16-21-14(5-6-18(24-2)22(21)25-3)9-17-15-11-20-19(26-12-27-20)10-13(15)7-8-23(16)17;/h5-6,9-11H,4,7-8,12H2,1-3H3;1H/q+1;/p-1. The summed E-state index contributed by atoms with van der Waals surface area (Å²) in [6, 6.07) is 10.6. The van der Waals surface area contributed by atoms with E-state index in [1.807, 2.05) is 6.07 Å². The molecule has 5 nitrogen and oxygen atoms in total. The van der Waals surface area contributed by atoms with E-state index in [1.54, 1.807) is 14.2 Å². The molecule has 0 N–H and O–H groups in total. The fraction of sp³-hybridized carbons (Fsp3) is 0.318. The number of benzene rings is 2. The van der Waals surface area contributed by atoms with Crippen LogP contribution in [0.4, 0.5) is 0 Å². The Kier molecular flexibility index (Phi) is 4.71. The molecular weight excluding hydrogens is 378 g/mol. The fourth-order valence-electron chi connectivity index (χ4n) is 4.37. The summed E-state index contributed by atoms with van der Waals surface area (Å²) in [6.45, 7) is 3.42. The maximum Gasteiger partial charge on any atom is 0.231 e. The van der Waals surface area contributed by atoms with Gasteiger partial charge < -0.3 is 31.4 Å². The van der Waals surface area contributed by atoms with E-state index in [0.717, 1.165) is 53.2 Å². The largest absolute Gasteiger partial charge is 1.00 e. The van der Waals surface area contributed by atoms with Crippen molar-refractivity contribution in [1.29, 1.82) is 0 Å². The number of nitrogens with zero attached hydrogens (tertiary/aromatic N) is 1. The third-order valence-electron chi connectivity index (χ3n) is 5.59. The van der Waals surface area contributed by atoms with Crippen LogP contribution in [0.25, 0.3) is 22.0 Å². The molecule has 0 bridgehead atoms. The molecule has 0 fully saturated rings. The van der Waals surface area contributed by atoms with Gasteiger partial charge in [-0.25, -0.2) is 0 Å². The first-order chi connectivity index (χ1) is 13.2. The molecule has 0 saturated carbocycles. The van der Waals surface area contributed by atoms with E-state index >= 15 is 0 Å². The lowest BCUT2D eigenvalue weighted by Crippen LogP contribution is -3.00. The van der Waals surface area contributed by atoms with Gasteiger partial charge in [0.1, 0.15) is 0 Å². The second kappa shape index (κ2) is 7.06. The van der Waals surface area contributed by atoms with Gasteiger partial charge in [0.15, 0.2) is 35.2 Å². The van der Waals surface area contributed by atoms with Crippen molar-refractivity contribution in [2.45, 2.75) is 26.3 Å². The summed E-state index contributed by atoms with van der Waals surface area (Å²) in [5, 5.41) is 2.29. The zero-order valence-corrected chi connectivity index (χ0v) is 16.9. The minimum atomic E-state index is 0. The quantitative estimate of drug-likeness (QED) is 0.607. The van der Waals surface area contributed by atoms with Gasteiger partial charge in [-0.2, -0.15) is 4.57 Å². The van der Waals surface area contributed by atoms with Gasteiger partial charge in [0.05, 0.1) is 25.2 Å². The molecule has 2 aromatic carbocycles. The van der Waals surface area contributed by atoms with Crippen molar-refractivity contribution in [2.75, 3.05) is 21.0 Å². The molecule has 28 heavy (non-hydrogen) atoms. The minimum absolute atomic E-state index is 0. The molecule has 0 spiro atoms. The van der Waals surface area contributed by atoms with Gasteiger partial charge in [-0.05, 0) is 35.2 Å². The van der Waals surface area contributed by atoms with Crippen LogP contribution in [0.3, 0.4) is 0 Å². The number of aryl methyl sites for hydroxylation is 2. The monoisotopic (exact) mass is 399 g/mol. The topological polar surface area (TPSA) is 40.8 Å². The van der Waals surface area contributed by atoms with Crippen LogP contribution >= 0.6 is 0 Å². The van der Waals surface area contributed by atoms with Crippen LogP contribution in [0.2, 0.25) is 0 Å². The van der Waals surface area contributed by atoms with Crippen LogP contribution in [-0.2, 0) is 19.4 Å². The average Bonchev–Trinajstić information content (AvgIpc) is 3.16. The van der Waals surface area contributed by atoms with Crippen molar-refractivity contribution in [1.82, 2.24) is 0 Å². The van der Waals surface area contributed by atoms with Crippen LogP contribution in [0.1, 0.15) is 18.2 Å². The van der Waals surface area contributed by atoms with Crippen LogP contribution in [0, 0.1) is 0 Å². The van der Waals surface area contributed by atoms with Crippen molar-refractivity contribution in [3.05, 3.63) is 41.6 Å². The zero-order valence-electron chi connectivity index (χ0n) is 16.2. The lowest BCUT2D eigenvalue weighted by atomic mass is 9.93. The smallest absolute Gasteiger partial charge is 0.231 e. The second-order valence-corrected chi connectivity index (χ2v) is 6.86. The summed E-state index contributed by atoms with van der Waals surface area (Å²) in [4.78, 5) is 0. The Morgan fingerprint density at radius 2 is 1.82 bits per heavy atom. The van der Waals surface area contributed by atoms with E-state index in [9.17, 15) is 0 Å². The summed E-state index contributed by atoms with van der Waals surface area (Å²) in [5.41, 5.74) is 5.01. The van der Waals surface area contributed by atoms with Crippen LogP contribution in [0.15, 0.2) is 30.3 Å². The van der Waals surface area contributed by atoms with Gasteiger partial charge in [-0.3, -0.25) is 0 Å². The van der Waals surface area contributed by atoms with Crippen molar-refractivity contribution in [3.63, 3.8) is 0 Å². The Bertz CT molecular complexity index is 1080. The number of halogens is 1. The van der Waals surface area contributed by atoms with Gasteiger partial charge in [0, 0.05) is 18.9 Å². The highest BCUT2D eigenvalue weighted by molar-refractivity contribution is 5.94. The molecule has 6 heteroatoms. The summed E-state index contributed by atoms with van der Waals surface area (Å²) < 4.78 is 24.9. The lowest BCUT2D eigenvalue weighted by molar-refractivity contribution is -0.693. The van der Waals surface area contributed by atoms with Gasteiger partial charge in [-0.15, -0.1) is 0 Å². The van der Waals surface area contributed by atoms with E-state index in [0.29, 0.717) is 6.79 Å². The molecule has 0 aliphatic carbocycles. The number of ether oxygens (including phenoxy) is 4. The predicted octanol–water partition coefficient (Wildman–Crippen LogP) is 0.663. The second-order valence-electron chi connectivity index (χ2n) is 6.86. The van der Waals surface area contributed by atoms with Crippen LogP contribution in [-0.4, -0.2) is 21.0 Å². The van der Waals surface area contributed by atoms with Crippen molar-refractivity contribution in [3.8, 4) is 34.3 Å². The van der Waals surface area contributed by atoms with Crippen molar-refractivity contribution >= 4 is 10.8 Å². The zero-order chi connectivity index (χ0) is 18.5. The number of pyridine rings is 1.